The highest BCUT2D eigenvalue weighted by atomic mass is 32.2. The van der Waals surface area contributed by atoms with Gasteiger partial charge >= 0.3 is 5.69 Å². The summed E-state index contributed by atoms with van der Waals surface area (Å²) in [5, 5.41) is 28.8. The molecule has 0 saturated carbocycles. The van der Waals surface area contributed by atoms with E-state index in [1.165, 1.54) is 11.8 Å². The summed E-state index contributed by atoms with van der Waals surface area (Å²) in [5.74, 6) is -0.923. The van der Waals surface area contributed by atoms with Crippen LogP contribution in [0.3, 0.4) is 0 Å². The first kappa shape index (κ1) is 11.5. The van der Waals surface area contributed by atoms with Gasteiger partial charge in [0.1, 0.15) is 0 Å². The summed E-state index contributed by atoms with van der Waals surface area (Å²) >= 11 is 1.20. The van der Waals surface area contributed by atoms with E-state index in [-0.39, 0.29) is 5.16 Å². The standard InChI is InChI=1S/C7H9N3O4S/c1-2-3-15-7-8-5(11)4(10(13)14)6(12)9-7/h2-3H2,1H3,(H2,8,9,11,12). The summed E-state index contributed by atoms with van der Waals surface area (Å²) in [6.07, 6.45) is 0.868. The summed E-state index contributed by atoms with van der Waals surface area (Å²) < 4.78 is 0. The van der Waals surface area contributed by atoms with Crippen LogP contribution < -0.4 is 0 Å². The minimum Gasteiger partial charge on any atom is -0.488 e. The first-order valence-electron chi connectivity index (χ1n) is 4.13. The second-order valence-corrected chi connectivity index (χ2v) is 3.67. The SMILES string of the molecule is CCCSc1nc(O)c([N+](=O)[O-])c(O)n1. The van der Waals surface area contributed by atoms with Crippen molar-refractivity contribution in [2.45, 2.75) is 18.5 Å². The molecule has 15 heavy (non-hydrogen) atoms. The fourth-order valence-corrected chi connectivity index (χ4v) is 1.52. The molecule has 82 valence electrons. The van der Waals surface area contributed by atoms with Gasteiger partial charge in [-0.15, -0.1) is 0 Å². The van der Waals surface area contributed by atoms with Gasteiger partial charge in [0.2, 0.25) is 0 Å². The van der Waals surface area contributed by atoms with Crippen molar-refractivity contribution in [1.29, 1.82) is 0 Å². The van der Waals surface area contributed by atoms with E-state index < -0.39 is 22.4 Å². The van der Waals surface area contributed by atoms with E-state index in [1.54, 1.807) is 0 Å². The third-order valence-electron chi connectivity index (χ3n) is 1.44. The second kappa shape index (κ2) is 4.78. The Hall–Kier alpha value is -1.57. The van der Waals surface area contributed by atoms with Crippen LogP contribution in [0.4, 0.5) is 5.69 Å². The quantitative estimate of drug-likeness (QED) is 0.348. The molecular formula is C7H9N3O4S. The molecule has 1 rings (SSSR count). The molecule has 1 heterocycles. The maximum Gasteiger partial charge on any atom is 0.392 e. The molecule has 0 aliphatic heterocycles. The molecule has 0 atom stereocenters. The smallest absolute Gasteiger partial charge is 0.392 e. The van der Waals surface area contributed by atoms with Gasteiger partial charge < -0.3 is 10.2 Å². The Morgan fingerprint density at radius 3 is 2.33 bits per heavy atom. The van der Waals surface area contributed by atoms with E-state index in [2.05, 4.69) is 9.97 Å². The zero-order chi connectivity index (χ0) is 11.4. The topological polar surface area (TPSA) is 109 Å². The lowest BCUT2D eigenvalue weighted by Crippen LogP contribution is -1.96. The maximum atomic E-state index is 10.4. The third-order valence-corrected chi connectivity index (χ3v) is 2.50. The first-order valence-corrected chi connectivity index (χ1v) is 5.12. The molecule has 0 aliphatic rings. The molecular weight excluding hydrogens is 222 g/mol. The lowest BCUT2D eigenvalue weighted by atomic mass is 10.5. The summed E-state index contributed by atoms with van der Waals surface area (Å²) in [5.41, 5.74) is -0.865. The molecule has 1 aromatic heterocycles. The number of aromatic hydroxyl groups is 2. The maximum absolute atomic E-state index is 10.4. The molecule has 8 heteroatoms. The number of nitrogens with zero attached hydrogens (tertiary/aromatic N) is 3. The molecule has 2 N–H and O–H groups in total. The van der Waals surface area contributed by atoms with Crippen molar-refractivity contribution in [3.05, 3.63) is 10.1 Å². The monoisotopic (exact) mass is 231 g/mol. The molecule has 0 bridgehead atoms. The average Bonchev–Trinajstić information content (AvgIpc) is 2.12. The lowest BCUT2D eigenvalue weighted by molar-refractivity contribution is -0.387. The van der Waals surface area contributed by atoms with Gasteiger partial charge in [0.25, 0.3) is 11.8 Å². The largest absolute Gasteiger partial charge is 0.488 e. The Balaban J connectivity index is 3.03. The summed E-state index contributed by atoms with van der Waals surface area (Å²) in [6, 6.07) is 0. The van der Waals surface area contributed by atoms with Gasteiger partial charge in [0.05, 0.1) is 4.92 Å². The predicted octanol–water partition coefficient (Wildman–Crippen LogP) is 1.30. The van der Waals surface area contributed by atoms with E-state index in [4.69, 9.17) is 0 Å². The van der Waals surface area contributed by atoms with Crippen LogP contribution in [0.15, 0.2) is 5.16 Å². The molecule has 7 nitrogen and oxygen atoms in total. The average molecular weight is 231 g/mol. The van der Waals surface area contributed by atoms with Gasteiger partial charge in [-0.2, -0.15) is 9.97 Å². The van der Waals surface area contributed by atoms with Crippen molar-refractivity contribution in [2.75, 3.05) is 5.75 Å². The van der Waals surface area contributed by atoms with E-state index in [0.717, 1.165) is 6.42 Å². The Labute approximate surface area is 89.3 Å². The predicted molar refractivity (Wildman–Crippen MR) is 53.0 cm³/mol. The van der Waals surface area contributed by atoms with Gasteiger partial charge in [-0.1, -0.05) is 18.7 Å². The van der Waals surface area contributed by atoms with Crippen molar-refractivity contribution in [3.63, 3.8) is 0 Å². The molecule has 0 fully saturated rings. The van der Waals surface area contributed by atoms with E-state index in [9.17, 15) is 20.3 Å². The molecule has 0 radical (unpaired) electrons. The highest BCUT2D eigenvalue weighted by molar-refractivity contribution is 7.99. The molecule has 0 saturated heterocycles. The minimum absolute atomic E-state index is 0.123. The fourth-order valence-electron chi connectivity index (χ4n) is 0.833. The van der Waals surface area contributed by atoms with Gasteiger partial charge in [0, 0.05) is 5.75 Å². The molecule has 0 aromatic carbocycles. The van der Waals surface area contributed by atoms with Crippen LogP contribution in [-0.4, -0.2) is 30.9 Å². The summed E-state index contributed by atoms with van der Waals surface area (Å²) in [4.78, 5) is 16.4. The number of nitro groups is 1. The van der Waals surface area contributed by atoms with Gasteiger partial charge in [-0.25, -0.2) is 0 Å². The first-order chi connectivity index (χ1) is 7.06. The number of hydrogen-bond acceptors (Lipinski definition) is 7. The van der Waals surface area contributed by atoms with E-state index >= 15 is 0 Å². The second-order valence-electron chi connectivity index (χ2n) is 2.61. The van der Waals surface area contributed by atoms with Crippen molar-refractivity contribution in [1.82, 2.24) is 9.97 Å². The Kier molecular flexibility index (Phi) is 3.67. The van der Waals surface area contributed by atoms with Crippen molar-refractivity contribution < 1.29 is 15.1 Å². The number of rotatable bonds is 4. The lowest BCUT2D eigenvalue weighted by Gasteiger charge is -2.00. The van der Waals surface area contributed by atoms with Gasteiger partial charge in [0.15, 0.2) is 5.16 Å². The minimum atomic E-state index is -0.932. The summed E-state index contributed by atoms with van der Waals surface area (Å²) in [6.45, 7) is 1.94. The van der Waals surface area contributed by atoms with Gasteiger partial charge in [-0.3, -0.25) is 10.1 Å². The van der Waals surface area contributed by atoms with Crippen LogP contribution >= 0.6 is 11.8 Å². The fraction of sp³-hybridized carbons (Fsp3) is 0.429. The van der Waals surface area contributed by atoms with Crippen LogP contribution in [0, 0.1) is 10.1 Å². The molecule has 1 aromatic rings. The van der Waals surface area contributed by atoms with Gasteiger partial charge in [-0.05, 0) is 6.42 Å². The van der Waals surface area contributed by atoms with Crippen molar-refractivity contribution in [3.8, 4) is 11.8 Å². The van der Waals surface area contributed by atoms with E-state index in [1.807, 2.05) is 6.92 Å². The van der Waals surface area contributed by atoms with Crippen LogP contribution in [0.1, 0.15) is 13.3 Å². The van der Waals surface area contributed by atoms with Crippen LogP contribution in [0.25, 0.3) is 0 Å². The Morgan fingerprint density at radius 1 is 1.40 bits per heavy atom. The zero-order valence-corrected chi connectivity index (χ0v) is 8.69. The van der Waals surface area contributed by atoms with Crippen molar-refractivity contribution >= 4 is 17.4 Å². The van der Waals surface area contributed by atoms with Crippen molar-refractivity contribution in [2.24, 2.45) is 0 Å². The number of hydrogen-bond donors (Lipinski definition) is 2. The van der Waals surface area contributed by atoms with Crippen LogP contribution in [0.2, 0.25) is 0 Å². The molecule has 0 aliphatic carbocycles. The third kappa shape index (κ3) is 2.69. The Bertz CT molecular complexity index is 361. The molecule has 0 spiro atoms. The number of thioether (sulfide) groups is 1. The highest BCUT2D eigenvalue weighted by Crippen LogP contribution is 2.33. The molecule has 0 unspecified atom stereocenters. The van der Waals surface area contributed by atoms with Crippen LogP contribution in [-0.2, 0) is 0 Å². The Morgan fingerprint density at radius 2 is 1.93 bits per heavy atom. The zero-order valence-electron chi connectivity index (χ0n) is 7.88. The highest BCUT2D eigenvalue weighted by Gasteiger charge is 2.24. The molecule has 0 amide bonds. The normalized spacial score (nSPS) is 10.2. The summed E-state index contributed by atoms with van der Waals surface area (Å²) in [7, 11) is 0. The van der Waals surface area contributed by atoms with Crippen LogP contribution in [0.5, 0.6) is 11.8 Å². The number of aromatic nitrogens is 2. The van der Waals surface area contributed by atoms with E-state index in [0.29, 0.717) is 5.75 Å².